The lowest BCUT2D eigenvalue weighted by molar-refractivity contribution is 0.306. The lowest BCUT2D eigenvalue weighted by atomic mass is 10.2. The fourth-order valence-electron chi connectivity index (χ4n) is 1.48. The number of rotatable bonds is 4. The van der Waals surface area contributed by atoms with E-state index in [1.54, 1.807) is 12.1 Å². The van der Waals surface area contributed by atoms with Crippen molar-refractivity contribution in [1.29, 1.82) is 0 Å². The molecule has 0 amide bonds. The smallest absolute Gasteiger partial charge is 0.120 e. The lowest BCUT2D eigenvalue weighted by Gasteiger charge is -2.07. The van der Waals surface area contributed by atoms with Gasteiger partial charge in [0, 0.05) is 5.33 Å². The van der Waals surface area contributed by atoms with Crippen molar-refractivity contribution in [2.75, 3.05) is 0 Å². The highest BCUT2D eigenvalue weighted by molar-refractivity contribution is 9.08. The highest BCUT2D eigenvalue weighted by atomic mass is 79.9. The second-order valence-corrected chi connectivity index (χ2v) is 4.30. The van der Waals surface area contributed by atoms with E-state index in [4.69, 9.17) is 9.84 Å². The van der Waals surface area contributed by atoms with E-state index < -0.39 is 0 Å². The predicted octanol–water partition coefficient (Wildman–Crippen LogP) is 3.87. The van der Waals surface area contributed by atoms with E-state index in [0.29, 0.717) is 6.61 Å². The summed E-state index contributed by atoms with van der Waals surface area (Å²) in [5, 5.41) is 9.99. The minimum Gasteiger partial charge on any atom is -0.508 e. The highest BCUT2D eigenvalue weighted by Gasteiger charge is 1.97. The summed E-state index contributed by atoms with van der Waals surface area (Å²) in [4.78, 5) is 0. The Morgan fingerprint density at radius 2 is 1.76 bits per heavy atom. The van der Waals surface area contributed by atoms with Crippen LogP contribution in [0, 0.1) is 0 Å². The van der Waals surface area contributed by atoms with Gasteiger partial charge in [-0.2, -0.15) is 0 Å². The van der Waals surface area contributed by atoms with Gasteiger partial charge in [-0.25, -0.2) is 0 Å². The van der Waals surface area contributed by atoms with Gasteiger partial charge >= 0.3 is 0 Å². The van der Waals surface area contributed by atoms with Crippen LogP contribution in [-0.4, -0.2) is 5.11 Å². The number of benzene rings is 2. The second kappa shape index (κ2) is 5.73. The van der Waals surface area contributed by atoms with Gasteiger partial charge in [-0.05, 0) is 35.4 Å². The average Bonchev–Trinajstić information content (AvgIpc) is 2.38. The summed E-state index contributed by atoms with van der Waals surface area (Å²) in [5.41, 5.74) is 2.22. The standard InChI is InChI=1S/C14H13BrO2/c15-9-12-2-1-3-14(8-12)17-10-11-4-6-13(16)7-5-11/h1-8,16H,9-10H2. The van der Waals surface area contributed by atoms with Crippen LogP contribution >= 0.6 is 15.9 Å². The minimum absolute atomic E-state index is 0.273. The Morgan fingerprint density at radius 1 is 1.00 bits per heavy atom. The molecule has 2 nitrogen and oxygen atoms in total. The van der Waals surface area contributed by atoms with Gasteiger partial charge in [0.05, 0.1) is 0 Å². The van der Waals surface area contributed by atoms with Gasteiger partial charge in [0.2, 0.25) is 0 Å². The topological polar surface area (TPSA) is 29.5 Å². The summed E-state index contributed by atoms with van der Waals surface area (Å²) >= 11 is 3.41. The molecule has 17 heavy (non-hydrogen) atoms. The van der Waals surface area contributed by atoms with Crippen LogP contribution in [0.1, 0.15) is 11.1 Å². The number of ether oxygens (including phenoxy) is 1. The van der Waals surface area contributed by atoms with Crippen molar-refractivity contribution >= 4 is 15.9 Å². The molecule has 0 bridgehead atoms. The first-order valence-corrected chi connectivity index (χ1v) is 6.45. The monoisotopic (exact) mass is 292 g/mol. The number of hydrogen-bond acceptors (Lipinski definition) is 2. The highest BCUT2D eigenvalue weighted by Crippen LogP contribution is 2.17. The Balaban J connectivity index is 1.99. The maximum Gasteiger partial charge on any atom is 0.120 e. The molecule has 0 atom stereocenters. The zero-order valence-corrected chi connectivity index (χ0v) is 10.9. The van der Waals surface area contributed by atoms with Gasteiger partial charge in [-0.1, -0.05) is 40.2 Å². The Kier molecular flexibility index (Phi) is 4.04. The van der Waals surface area contributed by atoms with Crippen molar-refractivity contribution in [3.8, 4) is 11.5 Å². The van der Waals surface area contributed by atoms with Crippen LogP contribution in [0.5, 0.6) is 11.5 Å². The molecule has 0 aliphatic rings. The van der Waals surface area contributed by atoms with E-state index in [1.807, 2.05) is 36.4 Å². The Hall–Kier alpha value is -1.48. The molecule has 0 radical (unpaired) electrons. The van der Waals surface area contributed by atoms with Crippen LogP contribution in [0.15, 0.2) is 48.5 Å². The summed E-state index contributed by atoms with van der Waals surface area (Å²) in [6, 6.07) is 15.0. The van der Waals surface area contributed by atoms with E-state index in [-0.39, 0.29) is 5.75 Å². The molecule has 88 valence electrons. The predicted molar refractivity (Wildman–Crippen MR) is 71.5 cm³/mol. The van der Waals surface area contributed by atoms with Crippen LogP contribution in [0.2, 0.25) is 0 Å². The molecule has 0 aliphatic carbocycles. The Bertz CT molecular complexity index is 480. The number of hydrogen-bond donors (Lipinski definition) is 1. The van der Waals surface area contributed by atoms with Gasteiger partial charge in [0.25, 0.3) is 0 Å². The molecule has 0 unspecified atom stereocenters. The van der Waals surface area contributed by atoms with Gasteiger partial charge < -0.3 is 9.84 Å². The van der Waals surface area contributed by atoms with E-state index in [2.05, 4.69) is 15.9 Å². The van der Waals surface area contributed by atoms with E-state index >= 15 is 0 Å². The van der Waals surface area contributed by atoms with Gasteiger partial charge in [-0.3, -0.25) is 0 Å². The molecule has 0 aromatic heterocycles. The summed E-state index contributed by atoms with van der Waals surface area (Å²) in [6.07, 6.45) is 0. The largest absolute Gasteiger partial charge is 0.508 e. The van der Waals surface area contributed by atoms with Crippen molar-refractivity contribution in [3.05, 3.63) is 59.7 Å². The molecule has 3 heteroatoms. The maximum atomic E-state index is 9.16. The number of alkyl halides is 1. The molecular weight excluding hydrogens is 280 g/mol. The van der Waals surface area contributed by atoms with Crippen molar-refractivity contribution in [2.24, 2.45) is 0 Å². The quantitative estimate of drug-likeness (QED) is 0.867. The number of halogens is 1. The molecular formula is C14H13BrO2. The van der Waals surface area contributed by atoms with Gasteiger partial charge in [-0.15, -0.1) is 0 Å². The van der Waals surface area contributed by atoms with Crippen LogP contribution in [0.4, 0.5) is 0 Å². The van der Waals surface area contributed by atoms with E-state index in [9.17, 15) is 0 Å². The maximum absolute atomic E-state index is 9.16. The van der Waals surface area contributed by atoms with Crippen LogP contribution < -0.4 is 4.74 Å². The fraction of sp³-hybridized carbons (Fsp3) is 0.143. The molecule has 0 saturated heterocycles. The normalized spacial score (nSPS) is 10.2. The SMILES string of the molecule is Oc1ccc(COc2cccc(CBr)c2)cc1. The molecule has 0 spiro atoms. The summed E-state index contributed by atoms with van der Waals surface area (Å²) in [7, 11) is 0. The van der Waals surface area contributed by atoms with Crippen LogP contribution in [0.3, 0.4) is 0 Å². The van der Waals surface area contributed by atoms with Crippen molar-refractivity contribution in [1.82, 2.24) is 0 Å². The summed E-state index contributed by atoms with van der Waals surface area (Å²) in [5.74, 6) is 1.13. The van der Waals surface area contributed by atoms with Crippen LogP contribution in [0.25, 0.3) is 0 Å². The molecule has 2 rings (SSSR count). The third kappa shape index (κ3) is 3.49. The van der Waals surface area contributed by atoms with E-state index in [0.717, 1.165) is 16.6 Å². The first kappa shape index (κ1) is 12.0. The first-order chi connectivity index (χ1) is 8.28. The molecule has 0 aliphatic heterocycles. The zero-order chi connectivity index (χ0) is 12.1. The first-order valence-electron chi connectivity index (χ1n) is 5.33. The third-order valence-corrected chi connectivity index (χ3v) is 3.04. The van der Waals surface area contributed by atoms with E-state index in [1.165, 1.54) is 5.56 Å². The number of phenols is 1. The second-order valence-electron chi connectivity index (χ2n) is 3.74. The number of phenolic OH excluding ortho intramolecular Hbond substituents is 1. The van der Waals surface area contributed by atoms with Crippen molar-refractivity contribution in [3.63, 3.8) is 0 Å². The van der Waals surface area contributed by atoms with Crippen molar-refractivity contribution < 1.29 is 9.84 Å². The summed E-state index contributed by atoms with van der Waals surface area (Å²) in [6.45, 7) is 0.506. The fourth-order valence-corrected chi connectivity index (χ4v) is 1.83. The van der Waals surface area contributed by atoms with Crippen LogP contribution in [-0.2, 0) is 11.9 Å². The van der Waals surface area contributed by atoms with Gasteiger partial charge in [0.1, 0.15) is 18.1 Å². The average molecular weight is 293 g/mol. The van der Waals surface area contributed by atoms with Crippen molar-refractivity contribution in [2.45, 2.75) is 11.9 Å². The molecule has 0 fully saturated rings. The lowest BCUT2D eigenvalue weighted by Crippen LogP contribution is -1.95. The molecule has 2 aromatic rings. The molecule has 0 saturated carbocycles. The number of aromatic hydroxyl groups is 1. The Morgan fingerprint density at radius 3 is 2.47 bits per heavy atom. The summed E-state index contributed by atoms with van der Waals surface area (Å²) < 4.78 is 5.67. The molecule has 2 aromatic carbocycles. The Labute approximate surface area is 109 Å². The minimum atomic E-state index is 0.273. The zero-order valence-electron chi connectivity index (χ0n) is 9.27. The van der Waals surface area contributed by atoms with Gasteiger partial charge in [0.15, 0.2) is 0 Å². The third-order valence-electron chi connectivity index (χ3n) is 2.39. The molecule has 0 heterocycles. The molecule has 1 N–H and O–H groups in total.